The number of hydrogen-bond acceptors (Lipinski definition) is 9. The quantitative estimate of drug-likeness (QED) is 0.151. The van der Waals surface area contributed by atoms with E-state index in [1.807, 2.05) is 55.5 Å². The second kappa shape index (κ2) is 19.4. The maximum Gasteiger partial charge on any atom is 0.330 e. The third-order valence-electron chi connectivity index (χ3n) is 6.26. The average molecular weight is 559 g/mol. The Bertz CT molecular complexity index is 923. The molecule has 0 radical (unpaired) electrons. The summed E-state index contributed by atoms with van der Waals surface area (Å²) in [5.74, 6) is 0.753. The zero-order chi connectivity index (χ0) is 29.8. The van der Waals surface area contributed by atoms with Crippen LogP contribution in [0.2, 0.25) is 0 Å². The van der Waals surface area contributed by atoms with Gasteiger partial charge in [0.1, 0.15) is 37.9 Å². The lowest BCUT2D eigenvalue weighted by Gasteiger charge is -2.24. The van der Waals surface area contributed by atoms with E-state index in [4.69, 9.17) is 34.3 Å². The first-order chi connectivity index (χ1) is 19.3. The number of benzene rings is 2. The number of ether oxygens (including phenoxy) is 4. The lowest BCUT2D eigenvalue weighted by atomic mass is 9.88. The van der Waals surface area contributed by atoms with Crippen LogP contribution in [-0.2, 0) is 19.1 Å². The van der Waals surface area contributed by atoms with Crippen LogP contribution in [0.3, 0.4) is 0 Å². The molecule has 9 heteroatoms. The zero-order valence-corrected chi connectivity index (χ0v) is 23.4. The van der Waals surface area contributed by atoms with E-state index >= 15 is 0 Å². The summed E-state index contributed by atoms with van der Waals surface area (Å²) < 4.78 is 21.0. The molecule has 3 N–H and O–H groups in total. The van der Waals surface area contributed by atoms with Gasteiger partial charge < -0.3 is 34.3 Å². The summed E-state index contributed by atoms with van der Waals surface area (Å²) in [4.78, 5) is 22.0. The molecule has 0 aromatic heterocycles. The second-order valence-corrected chi connectivity index (χ2v) is 8.87. The number of esters is 2. The van der Waals surface area contributed by atoms with E-state index in [-0.39, 0.29) is 52.2 Å². The molecule has 9 nitrogen and oxygen atoms in total. The molecule has 0 saturated heterocycles. The predicted octanol–water partition coefficient (Wildman–Crippen LogP) is 3.80. The van der Waals surface area contributed by atoms with Crippen molar-refractivity contribution in [1.82, 2.24) is 0 Å². The Labute approximate surface area is 236 Å². The number of aliphatic hydroxyl groups is 3. The Kier molecular flexibility index (Phi) is 16.7. The number of rotatable bonds is 17. The van der Waals surface area contributed by atoms with Gasteiger partial charge in [-0.2, -0.15) is 0 Å². The molecular formula is C31H42O9. The number of aliphatic hydroxyl groups excluding tert-OH is 3. The summed E-state index contributed by atoms with van der Waals surface area (Å²) in [6.45, 7) is 11.1. The van der Waals surface area contributed by atoms with Gasteiger partial charge in [-0.05, 0) is 48.2 Å². The van der Waals surface area contributed by atoms with Crippen LogP contribution in [0.1, 0.15) is 43.7 Å². The lowest BCUT2D eigenvalue weighted by molar-refractivity contribution is -0.139. The van der Waals surface area contributed by atoms with E-state index in [1.54, 1.807) is 0 Å². The van der Waals surface area contributed by atoms with Gasteiger partial charge in [0.15, 0.2) is 0 Å². The van der Waals surface area contributed by atoms with Gasteiger partial charge in [0.2, 0.25) is 0 Å². The van der Waals surface area contributed by atoms with E-state index in [2.05, 4.69) is 20.1 Å². The summed E-state index contributed by atoms with van der Waals surface area (Å²) in [5.41, 5.74) is 1.69. The molecule has 0 aliphatic carbocycles. The molecule has 220 valence electrons. The number of hydrogen-bond donors (Lipinski definition) is 3. The lowest BCUT2D eigenvalue weighted by Crippen LogP contribution is -2.32. The molecule has 2 rings (SSSR count). The fraction of sp³-hybridized carbons (Fsp3) is 0.419. The van der Waals surface area contributed by atoms with Crippen LogP contribution in [0.25, 0.3) is 0 Å². The molecule has 0 heterocycles. The topological polar surface area (TPSA) is 132 Å². The number of carbonyl (C=O) groups excluding carboxylic acids is 2. The Morgan fingerprint density at radius 3 is 1.35 bits per heavy atom. The van der Waals surface area contributed by atoms with Crippen molar-refractivity contribution in [1.29, 1.82) is 0 Å². The van der Waals surface area contributed by atoms with E-state index in [0.717, 1.165) is 18.6 Å². The van der Waals surface area contributed by atoms with Gasteiger partial charge in [-0.1, -0.05) is 51.3 Å². The Hall–Kier alpha value is -3.66. The highest BCUT2D eigenvalue weighted by molar-refractivity contribution is 5.81. The minimum Gasteiger partial charge on any atom is -0.490 e. The van der Waals surface area contributed by atoms with E-state index < -0.39 is 17.4 Å². The molecule has 2 aromatic carbocycles. The minimum absolute atomic E-state index is 0.156. The second-order valence-electron chi connectivity index (χ2n) is 8.87. The first-order valence-electron chi connectivity index (χ1n) is 13.2. The fourth-order valence-electron chi connectivity index (χ4n) is 3.46. The molecule has 0 unspecified atom stereocenters. The smallest absolute Gasteiger partial charge is 0.330 e. The van der Waals surface area contributed by atoms with E-state index in [1.165, 1.54) is 11.1 Å². The first kappa shape index (κ1) is 34.4. The molecule has 0 fully saturated rings. The van der Waals surface area contributed by atoms with Crippen molar-refractivity contribution in [2.75, 3.05) is 46.2 Å². The third kappa shape index (κ3) is 12.0. The summed E-state index contributed by atoms with van der Waals surface area (Å²) >= 11 is 0. The van der Waals surface area contributed by atoms with Gasteiger partial charge in [0.05, 0.1) is 19.8 Å². The van der Waals surface area contributed by atoms with Crippen molar-refractivity contribution in [3.8, 4) is 11.5 Å². The Morgan fingerprint density at radius 2 is 1.10 bits per heavy atom. The summed E-state index contributed by atoms with van der Waals surface area (Å²) in [7, 11) is 0. The monoisotopic (exact) mass is 558 g/mol. The van der Waals surface area contributed by atoms with Crippen molar-refractivity contribution in [2.24, 2.45) is 5.41 Å². The molecule has 0 spiro atoms. The van der Waals surface area contributed by atoms with Gasteiger partial charge >= 0.3 is 11.9 Å². The molecule has 2 aromatic rings. The maximum absolute atomic E-state index is 11.0. The molecule has 0 amide bonds. The zero-order valence-electron chi connectivity index (χ0n) is 23.4. The molecule has 0 saturated carbocycles. The van der Waals surface area contributed by atoms with Gasteiger partial charge in [-0.25, -0.2) is 9.59 Å². The Morgan fingerprint density at radius 1 is 0.725 bits per heavy atom. The minimum atomic E-state index is -0.667. The van der Waals surface area contributed by atoms with Crippen LogP contribution in [0, 0.1) is 5.41 Å². The largest absolute Gasteiger partial charge is 0.490 e. The van der Waals surface area contributed by atoms with Gasteiger partial charge in [0.25, 0.3) is 0 Å². The van der Waals surface area contributed by atoms with E-state index in [0.29, 0.717) is 17.9 Å². The highest BCUT2D eigenvalue weighted by atomic mass is 16.6. The van der Waals surface area contributed by atoms with Crippen molar-refractivity contribution in [2.45, 2.75) is 32.6 Å². The molecule has 0 aliphatic heterocycles. The van der Waals surface area contributed by atoms with Gasteiger partial charge in [-0.15, -0.1) is 0 Å². The highest BCUT2D eigenvalue weighted by Crippen LogP contribution is 2.30. The molecule has 0 bridgehead atoms. The van der Waals surface area contributed by atoms with Crippen molar-refractivity contribution < 1.29 is 43.9 Å². The van der Waals surface area contributed by atoms with Gasteiger partial charge in [-0.3, -0.25) is 0 Å². The van der Waals surface area contributed by atoms with Crippen LogP contribution >= 0.6 is 0 Å². The van der Waals surface area contributed by atoms with Crippen LogP contribution in [-0.4, -0.2) is 73.5 Å². The van der Waals surface area contributed by atoms with Crippen molar-refractivity contribution in [3.05, 3.63) is 85.0 Å². The molecule has 0 atom stereocenters. The Balaban J connectivity index is 0.000000763. The van der Waals surface area contributed by atoms with E-state index in [9.17, 15) is 9.59 Å². The maximum atomic E-state index is 11.0. The molecule has 0 aliphatic rings. The van der Waals surface area contributed by atoms with Crippen LogP contribution < -0.4 is 9.47 Å². The highest BCUT2D eigenvalue weighted by Gasteiger charge is 2.24. The molecule has 40 heavy (non-hydrogen) atoms. The number of carbonyl (C=O) groups is 2. The van der Waals surface area contributed by atoms with Crippen molar-refractivity contribution in [3.63, 3.8) is 0 Å². The third-order valence-corrected chi connectivity index (χ3v) is 6.26. The summed E-state index contributed by atoms with van der Waals surface area (Å²) in [5, 5.41) is 26.0. The summed E-state index contributed by atoms with van der Waals surface area (Å²) in [6, 6.07) is 15.8. The van der Waals surface area contributed by atoms with Crippen LogP contribution in [0.15, 0.2) is 73.8 Å². The average Bonchev–Trinajstić information content (AvgIpc) is 3.00. The normalized spacial score (nSPS) is 10.7. The predicted molar refractivity (Wildman–Crippen MR) is 152 cm³/mol. The standard InChI is InChI=1S/C25H28O6.C6H14O3/c1-4-23(19-7-11-21(12-8-19)28-15-17-30-24(26)5-2)20-9-13-22(14-10-20)29-16-18-31-25(27)6-3;1-2-6(3-7,4-8)5-9/h5-14,23H,2-4,15-18H2,1H3;7-9H,2-5H2,1H3. The van der Waals surface area contributed by atoms with Crippen molar-refractivity contribution >= 4 is 11.9 Å². The fourth-order valence-corrected chi connectivity index (χ4v) is 3.46. The summed E-state index contributed by atoms with van der Waals surface area (Å²) in [6.07, 6.45) is 3.78. The van der Waals surface area contributed by atoms with Crippen LogP contribution in [0.5, 0.6) is 11.5 Å². The SMILES string of the molecule is C=CC(=O)OCCOc1ccc(C(CC)c2ccc(OCCOC(=O)C=C)cc2)cc1.CCC(CO)(CO)CO. The van der Waals surface area contributed by atoms with Gasteiger partial charge in [0, 0.05) is 23.5 Å². The first-order valence-corrected chi connectivity index (χ1v) is 13.2. The van der Waals surface area contributed by atoms with Crippen LogP contribution in [0.4, 0.5) is 0 Å². The molecular weight excluding hydrogens is 516 g/mol.